The van der Waals surface area contributed by atoms with Crippen LogP contribution in [0.2, 0.25) is 0 Å². The molecule has 106 valence electrons. The van der Waals surface area contributed by atoms with Crippen LogP contribution in [0.5, 0.6) is 0 Å². The number of carbonyl (C=O) groups is 1. The number of esters is 1. The number of hydrogen-bond donors (Lipinski definition) is 0. The van der Waals surface area contributed by atoms with E-state index in [1.165, 1.54) is 0 Å². The summed E-state index contributed by atoms with van der Waals surface area (Å²) in [5.74, 6) is 0.172. The molecule has 0 saturated heterocycles. The third-order valence-electron chi connectivity index (χ3n) is 3.83. The molecule has 1 heterocycles. The van der Waals surface area contributed by atoms with Crippen LogP contribution in [0.25, 0.3) is 0 Å². The normalized spacial score (nSPS) is 21.0. The van der Waals surface area contributed by atoms with E-state index in [9.17, 15) is 4.79 Å². The highest BCUT2D eigenvalue weighted by Gasteiger charge is 2.44. The summed E-state index contributed by atoms with van der Waals surface area (Å²) in [6.07, 6.45) is 1.19. The fourth-order valence-electron chi connectivity index (χ4n) is 2.54. The summed E-state index contributed by atoms with van der Waals surface area (Å²) in [4.78, 5) is 17.0. The Balaban J connectivity index is 1.94. The SMILES string of the molecule is CCC1(Cc2ccccc2)N=C(c2ccccc2)OC1=O. The predicted octanol–water partition coefficient (Wildman–Crippen LogP) is 3.38. The molecule has 2 aromatic rings. The van der Waals surface area contributed by atoms with E-state index in [1.807, 2.05) is 67.6 Å². The van der Waals surface area contributed by atoms with E-state index in [0.717, 1.165) is 11.1 Å². The van der Waals surface area contributed by atoms with Gasteiger partial charge in [0, 0.05) is 12.0 Å². The lowest BCUT2D eigenvalue weighted by molar-refractivity contribution is -0.139. The van der Waals surface area contributed by atoms with Gasteiger partial charge in [-0.05, 0) is 24.1 Å². The monoisotopic (exact) mass is 279 g/mol. The summed E-state index contributed by atoms with van der Waals surface area (Å²) in [6, 6.07) is 19.5. The van der Waals surface area contributed by atoms with Gasteiger partial charge < -0.3 is 4.74 Å². The molecular weight excluding hydrogens is 262 g/mol. The second-order valence-electron chi connectivity index (χ2n) is 5.22. The molecule has 0 N–H and O–H groups in total. The van der Waals surface area contributed by atoms with Crippen molar-refractivity contribution < 1.29 is 9.53 Å². The maximum atomic E-state index is 12.4. The van der Waals surface area contributed by atoms with E-state index in [2.05, 4.69) is 4.99 Å². The highest BCUT2D eigenvalue weighted by molar-refractivity contribution is 6.08. The molecule has 0 radical (unpaired) electrons. The van der Waals surface area contributed by atoms with Crippen LogP contribution in [0.4, 0.5) is 0 Å². The Hall–Kier alpha value is -2.42. The topological polar surface area (TPSA) is 38.7 Å². The lowest BCUT2D eigenvalue weighted by Gasteiger charge is -2.19. The Morgan fingerprint density at radius 2 is 1.62 bits per heavy atom. The number of ether oxygens (including phenoxy) is 1. The highest BCUT2D eigenvalue weighted by Crippen LogP contribution is 2.30. The molecule has 0 spiro atoms. The molecule has 0 saturated carbocycles. The summed E-state index contributed by atoms with van der Waals surface area (Å²) in [5.41, 5.74) is 1.13. The molecule has 2 aromatic carbocycles. The summed E-state index contributed by atoms with van der Waals surface area (Å²) >= 11 is 0. The molecule has 3 nitrogen and oxygen atoms in total. The number of hydrogen-bond acceptors (Lipinski definition) is 3. The number of nitrogens with zero attached hydrogens (tertiary/aromatic N) is 1. The molecular formula is C18H17NO2. The van der Waals surface area contributed by atoms with Crippen LogP contribution < -0.4 is 0 Å². The van der Waals surface area contributed by atoms with Gasteiger partial charge in [-0.2, -0.15) is 0 Å². The summed E-state index contributed by atoms with van der Waals surface area (Å²) in [5, 5.41) is 0. The van der Waals surface area contributed by atoms with Gasteiger partial charge in [0.2, 0.25) is 5.90 Å². The van der Waals surface area contributed by atoms with Crippen molar-refractivity contribution in [2.75, 3.05) is 0 Å². The smallest absolute Gasteiger partial charge is 0.341 e. The van der Waals surface area contributed by atoms with Gasteiger partial charge in [-0.15, -0.1) is 0 Å². The third kappa shape index (κ3) is 2.59. The summed E-state index contributed by atoms with van der Waals surface area (Å²) < 4.78 is 5.44. The van der Waals surface area contributed by atoms with Crippen molar-refractivity contribution in [3.63, 3.8) is 0 Å². The van der Waals surface area contributed by atoms with Crippen LogP contribution in [0.1, 0.15) is 24.5 Å². The van der Waals surface area contributed by atoms with E-state index in [1.54, 1.807) is 0 Å². The fourth-order valence-corrected chi connectivity index (χ4v) is 2.54. The van der Waals surface area contributed by atoms with Gasteiger partial charge in [0.05, 0.1) is 0 Å². The standard InChI is InChI=1S/C18H17NO2/c1-2-18(13-14-9-5-3-6-10-14)17(20)21-16(19-18)15-11-7-4-8-12-15/h3-12H,2,13H2,1H3. The largest absolute Gasteiger partial charge is 0.405 e. The summed E-state index contributed by atoms with van der Waals surface area (Å²) in [7, 11) is 0. The Labute approximate surface area is 124 Å². The van der Waals surface area contributed by atoms with Crippen LogP contribution >= 0.6 is 0 Å². The van der Waals surface area contributed by atoms with Crippen LogP contribution in [0.3, 0.4) is 0 Å². The number of benzene rings is 2. The fraction of sp³-hybridized carbons (Fsp3) is 0.222. The van der Waals surface area contributed by atoms with Crippen LogP contribution in [-0.2, 0) is 16.0 Å². The predicted molar refractivity (Wildman–Crippen MR) is 82.2 cm³/mol. The van der Waals surface area contributed by atoms with E-state index in [4.69, 9.17) is 4.74 Å². The maximum absolute atomic E-state index is 12.4. The van der Waals surface area contributed by atoms with Gasteiger partial charge in [-0.1, -0.05) is 55.5 Å². The first kappa shape index (κ1) is 13.6. The van der Waals surface area contributed by atoms with E-state index in [-0.39, 0.29) is 5.97 Å². The molecule has 0 amide bonds. The molecule has 3 heteroatoms. The van der Waals surface area contributed by atoms with Crippen molar-refractivity contribution in [1.29, 1.82) is 0 Å². The Kier molecular flexibility index (Phi) is 3.57. The zero-order valence-corrected chi connectivity index (χ0v) is 12.0. The average molecular weight is 279 g/mol. The second-order valence-corrected chi connectivity index (χ2v) is 5.22. The van der Waals surface area contributed by atoms with E-state index in [0.29, 0.717) is 18.7 Å². The Morgan fingerprint density at radius 3 is 2.24 bits per heavy atom. The third-order valence-corrected chi connectivity index (χ3v) is 3.83. The number of cyclic esters (lactones) is 1. The van der Waals surface area contributed by atoms with Crippen LogP contribution in [0.15, 0.2) is 65.7 Å². The zero-order chi connectivity index (χ0) is 14.7. The van der Waals surface area contributed by atoms with Gasteiger partial charge in [0.15, 0.2) is 5.54 Å². The maximum Gasteiger partial charge on any atom is 0.341 e. The molecule has 0 bridgehead atoms. The quantitative estimate of drug-likeness (QED) is 0.805. The van der Waals surface area contributed by atoms with Crippen molar-refractivity contribution in [2.24, 2.45) is 4.99 Å². The minimum absolute atomic E-state index is 0.257. The molecule has 1 aliphatic heterocycles. The van der Waals surface area contributed by atoms with Crippen LogP contribution in [0, 0.1) is 0 Å². The Bertz CT molecular complexity index is 664. The molecule has 1 atom stereocenters. The summed E-state index contributed by atoms with van der Waals surface area (Å²) in [6.45, 7) is 1.97. The molecule has 1 aliphatic rings. The molecule has 0 aliphatic carbocycles. The van der Waals surface area contributed by atoms with Crippen molar-refractivity contribution in [3.8, 4) is 0 Å². The van der Waals surface area contributed by atoms with Gasteiger partial charge in [0.1, 0.15) is 0 Å². The molecule has 1 unspecified atom stereocenters. The molecule has 0 aromatic heterocycles. The first-order valence-corrected chi connectivity index (χ1v) is 7.15. The number of rotatable bonds is 4. The lowest BCUT2D eigenvalue weighted by atomic mass is 9.89. The molecule has 3 rings (SSSR count). The number of aliphatic imine (C=N–C) groups is 1. The van der Waals surface area contributed by atoms with Gasteiger partial charge >= 0.3 is 5.97 Å². The Morgan fingerprint density at radius 1 is 1.00 bits per heavy atom. The number of carbonyl (C=O) groups excluding carboxylic acids is 1. The van der Waals surface area contributed by atoms with Crippen LogP contribution in [-0.4, -0.2) is 17.4 Å². The average Bonchev–Trinajstić information content (AvgIpc) is 2.87. The highest BCUT2D eigenvalue weighted by atomic mass is 16.6. The van der Waals surface area contributed by atoms with Crippen molar-refractivity contribution >= 4 is 11.9 Å². The van der Waals surface area contributed by atoms with Gasteiger partial charge in [0.25, 0.3) is 0 Å². The zero-order valence-electron chi connectivity index (χ0n) is 12.0. The van der Waals surface area contributed by atoms with Gasteiger partial charge in [-0.25, -0.2) is 9.79 Å². The minimum Gasteiger partial charge on any atom is -0.405 e. The second kappa shape index (κ2) is 5.52. The minimum atomic E-state index is -0.799. The lowest BCUT2D eigenvalue weighted by Crippen LogP contribution is -2.35. The van der Waals surface area contributed by atoms with Crippen molar-refractivity contribution in [2.45, 2.75) is 25.3 Å². The van der Waals surface area contributed by atoms with Crippen molar-refractivity contribution in [3.05, 3.63) is 71.8 Å². The molecule has 21 heavy (non-hydrogen) atoms. The van der Waals surface area contributed by atoms with Gasteiger partial charge in [-0.3, -0.25) is 0 Å². The first-order valence-electron chi connectivity index (χ1n) is 7.15. The molecule has 0 fully saturated rings. The first-order chi connectivity index (χ1) is 10.2. The van der Waals surface area contributed by atoms with E-state index >= 15 is 0 Å². The van der Waals surface area contributed by atoms with E-state index < -0.39 is 5.54 Å². The van der Waals surface area contributed by atoms with Crippen molar-refractivity contribution in [1.82, 2.24) is 0 Å².